The fourth-order valence-electron chi connectivity index (χ4n) is 1.39. The summed E-state index contributed by atoms with van der Waals surface area (Å²) in [4.78, 5) is 0.114. The number of aliphatic hydroxyl groups is 1. The normalized spacial score (nSPS) is 18.2. The van der Waals surface area contributed by atoms with Crippen LogP contribution in [0.25, 0.3) is 4.24 Å². The van der Waals surface area contributed by atoms with Gasteiger partial charge >= 0.3 is 29.6 Å². The van der Waals surface area contributed by atoms with Crippen LogP contribution in [0.4, 0.5) is 0 Å². The molecular weight excluding hydrogens is 299 g/mol. The summed E-state index contributed by atoms with van der Waals surface area (Å²) in [6, 6.07) is 6.32. The summed E-state index contributed by atoms with van der Waals surface area (Å²) in [6.07, 6.45) is 0.866. The van der Waals surface area contributed by atoms with Crippen molar-refractivity contribution in [2.75, 3.05) is 13.1 Å². The zero-order valence-electron chi connectivity index (χ0n) is 11.0. The van der Waals surface area contributed by atoms with Crippen molar-refractivity contribution < 1.29 is 43.1 Å². The number of nitrogens with zero attached hydrogens (tertiary/aromatic N) is 1. The van der Waals surface area contributed by atoms with Crippen LogP contribution in [0.1, 0.15) is 12.0 Å². The zero-order valence-corrected chi connectivity index (χ0v) is 14.6. The number of rotatable bonds is 2. The molecule has 0 bridgehead atoms. The van der Waals surface area contributed by atoms with Crippen LogP contribution in [-0.2, 0) is 10.0 Å². The number of halogens is 1. The second-order valence-corrected chi connectivity index (χ2v) is 5.98. The molecule has 1 aromatic carbocycles. The number of aryl methyl sites for hydroxylation is 1. The van der Waals surface area contributed by atoms with Crippen LogP contribution >= 0.6 is 11.8 Å². The molecule has 2 N–H and O–H groups in total. The van der Waals surface area contributed by atoms with E-state index < -0.39 is 10.0 Å². The Labute approximate surface area is 141 Å². The minimum atomic E-state index is -3.62. The van der Waals surface area contributed by atoms with Crippen molar-refractivity contribution in [3.05, 3.63) is 34.1 Å². The molecule has 1 aromatic rings. The molecule has 19 heavy (non-hydrogen) atoms. The largest absolute Gasteiger partial charge is 1.00 e. The molecule has 1 heterocycles. The Morgan fingerprint density at radius 2 is 1.95 bits per heavy atom. The van der Waals surface area contributed by atoms with Gasteiger partial charge in [-0.1, -0.05) is 17.7 Å². The standard InChI is InChI=1S/C7H7ClNO2S.C4H9NO.Na/c1-6-2-4-7(5-3-6)12(10,11)9-8;6-4-1-2-5-3-4;/h2-5H,1H3;4-6H,1-3H2;/q-1;;+1. The van der Waals surface area contributed by atoms with Gasteiger partial charge in [-0.25, -0.2) is 8.42 Å². The van der Waals surface area contributed by atoms with Gasteiger partial charge in [0.2, 0.25) is 0 Å². The maximum atomic E-state index is 11.0. The molecule has 0 aromatic heterocycles. The van der Waals surface area contributed by atoms with E-state index in [1.165, 1.54) is 12.1 Å². The predicted molar refractivity (Wildman–Crippen MR) is 71.1 cm³/mol. The van der Waals surface area contributed by atoms with Gasteiger partial charge in [-0.05, 0) is 32.0 Å². The molecular formula is C11H16ClN2NaO3S. The molecule has 0 saturated carbocycles. The van der Waals surface area contributed by atoms with Gasteiger partial charge < -0.3 is 14.7 Å². The second-order valence-electron chi connectivity index (χ2n) is 4.00. The molecule has 1 aliphatic rings. The number of sulfonamides is 1. The Morgan fingerprint density at radius 3 is 2.26 bits per heavy atom. The fourth-order valence-corrected chi connectivity index (χ4v) is 2.19. The first kappa shape index (κ1) is 19.3. The summed E-state index contributed by atoms with van der Waals surface area (Å²) in [5.41, 5.74) is 0.989. The van der Waals surface area contributed by atoms with Gasteiger partial charge in [-0.2, -0.15) is 0 Å². The summed E-state index contributed by atoms with van der Waals surface area (Å²) in [7, 11) is -3.62. The van der Waals surface area contributed by atoms with E-state index in [1.807, 2.05) is 6.92 Å². The van der Waals surface area contributed by atoms with Crippen molar-refractivity contribution in [3.63, 3.8) is 0 Å². The summed E-state index contributed by atoms with van der Waals surface area (Å²) in [6.45, 7) is 3.65. The van der Waals surface area contributed by atoms with Crippen LogP contribution in [0.3, 0.4) is 0 Å². The first-order chi connectivity index (χ1) is 8.45. The SMILES string of the molecule is Cc1ccc(S(=O)(=O)[N-]Cl)cc1.OC1CCNC1.[Na+]. The molecule has 0 aliphatic carbocycles. The van der Waals surface area contributed by atoms with E-state index in [4.69, 9.17) is 16.9 Å². The molecule has 1 fully saturated rings. The number of hydrogen-bond acceptors (Lipinski definition) is 4. The third-order valence-corrected chi connectivity index (χ3v) is 4.04. The summed E-state index contributed by atoms with van der Waals surface area (Å²) in [5.74, 6) is 0. The van der Waals surface area contributed by atoms with Gasteiger partial charge in [0, 0.05) is 11.4 Å². The smallest absolute Gasteiger partial charge is 0.458 e. The maximum absolute atomic E-state index is 11.0. The Hall–Kier alpha value is 0.340. The van der Waals surface area contributed by atoms with Crippen molar-refractivity contribution in [1.29, 1.82) is 0 Å². The number of hydrogen-bond donors (Lipinski definition) is 2. The topological polar surface area (TPSA) is 80.5 Å². The average Bonchev–Trinajstić information content (AvgIpc) is 2.82. The fraction of sp³-hybridized carbons (Fsp3) is 0.455. The molecule has 2 rings (SSSR count). The minimum Gasteiger partial charge on any atom is -0.458 e. The third-order valence-electron chi connectivity index (χ3n) is 2.44. The van der Waals surface area contributed by atoms with Crippen LogP contribution in [-0.4, -0.2) is 32.7 Å². The molecule has 1 unspecified atom stereocenters. The molecule has 1 atom stereocenters. The Bertz CT molecular complexity index is 461. The van der Waals surface area contributed by atoms with Crippen LogP contribution < -0.4 is 34.9 Å². The van der Waals surface area contributed by atoms with E-state index in [1.54, 1.807) is 12.1 Å². The van der Waals surface area contributed by atoms with Crippen LogP contribution in [0.2, 0.25) is 0 Å². The van der Waals surface area contributed by atoms with Gasteiger partial charge in [-0.3, -0.25) is 11.8 Å². The molecule has 102 valence electrons. The molecule has 8 heteroatoms. The Balaban J connectivity index is 0.000000392. The molecule has 0 spiro atoms. The van der Waals surface area contributed by atoms with Gasteiger partial charge in [0.1, 0.15) is 10.0 Å². The molecule has 1 aliphatic heterocycles. The van der Waals surface area contributed by atoms with Crippen molar-refractivity contribution >= 4 is 21.8 Å². The molecule has 0 amide bonds. The summed E-state index contributed by atoms with van der Waals surface area (Å²) >= 11 is 4.90. The average molecular weight is 315 g/mol. The van der Waals surface area contributed by atoms with E-state index in [2.05, 4.69) is 9.56 Å². The maximum Gasteiger partial charge on any atom is 1.00 e. The number of benzene rings is 1. The zero-order chi connectivity index (χ0) is 13.6. The quantitative estimate of drug-likeness (QED) is 0.655. The van der Waals surface area contributed by atoms with Gasteiger partial charge in [0.05, 0.1) is 6.10 Å². The molecule has 5 nitrogen and oxygen atoms in total. The predicted octanol–water partition coefficient (Wildman–Crippen LogP) is -1.44. The summed E-state index contributed by atoms with van der Waals surface area (Å²) < 4.78 is 24.8. The van der Waals surface area contributed by atoms with Crippen LogP contribution in [0.5, 0.6) is 0 Å². The van der Waals surface area contributed by atoms with E-state index in [-0.39, 0.29) is 40.6 Å². The number of nitrogens with one attached hydrogen (secondary N) is 1. The number of β-amino-alcohol motifs (C(OH)–C–C–N with tert-alkyl or cyclic N) is 1. The van der Waals surface area contributed by atoms with E-state index >= 15 is 0 Å². The first-order valence-electron chi connectivity index (χ1n) is 5.49. The minimum absolute atomic E-state index is 0. The van der Waals surface area contributed by atoms with Gasteiger partial charge in [-0.15, -0.1) is 0 Å². The van der Waals surface area contributed by atoms with Crippen LogP contribution in [0, 0.1) is 6.92 Å². The third kappa shape index (κ3) is 7.06. The molecule has 0 radical (unpaired) electrons. The van der Waals surface area contributed by atoms with Crippen LogP contribution in [0.15, 0.2) is 29.2 Å². The van der Waals surface area contributed by atoms with E-state index in [0.717, 1.165) is 25.1 Å². The van der Waals surface area contributed by atoms with Crippen molar-refractivity contribution in [2.45, 2.75) is 24.3 Å². The van der Waals surface area contributed by atoms with Crippen molar-refractivity contribution in [1.82, 2.24) is 5.32 Å². The van der Waals surface area contributed by atoms with Crippen molar-refractivity contribution in [2.24, 2.45) is 0 Å². The summed E-state index contributed by atoms with van der Waals surface area (Å²) in [5, 5.41) is 11.7. The van der Waals surface area contributed by atoms with Gasteiger partial charge in [0.25, 0.3) is 0 Å². The Morgan fingerprint density at radius 1 is 1.37 bits per heavy atom. The van der Waals surface area contributed by atoms with Gasteiger partial charge in [0.15, 0.2) is 0 Å². The Kier molecular flexibility index (Phi) is 9.47. The van der Waals surface area contributed by atoms with Crippen molar-refractivity contribution in [3.8, 4) is 0 Å². The second kappa shape index (κ2) is 9.31. The van der Waals surface area contributed by atoms with E-state index in [9.17, 15) is 8.42 Å². The monoisotopic (exact) mass is 314 g/mol. The number of aliphatic hydroxyl groups excluding tert-OH is 1. The first-order valence-corrected chi connectivity index (χ1v) is 7.27. The van der Waals surface area contributed by atoms with E-state index in [0.29, 0.717) is 0 Å². The molecule has 1 saturated heterocycles.